The van der Waals surface area contributed by atoms with Crippen molar-refractivity contribution in [1.82, 2.24) is 9.97 Å². The van der Waals surface area contributed by atoms with Crippen molar-refractivity contribution in [2.24, 2.45) is 0 Å². The highest BCUT2D eigenvalue weighted by molar-refractivity contribution is 6.04. The van der Waals surface area contributed by atoms with Crippen molar-refractivity contribution in [1.29, 1.82) is 5.26 Å². The largest absolute Gasteiger partial charge is 0.355 e. The first-order valence-electron chi connectivity index (χ1n) is 10.9. The van der Waals surface area contributed by atoms with Gasteiger partial charge < -0.3 is 16.0 Å². The topological polar surface area (TPSA) is 103 Å². The molecule has 0 aliphatic heterocycles. The van der Waals surface area contributed by atoms with Crippen LogP contribution in [-0.4, -0.2) is 15.9 Å². The SMILES string of the molecule is N#Cc1ccc2cccc(Nc3ccc(C(=O)Nc4ccc(Nc5ccncc5)cc4)cc3)c2n1. The Balaban J connectivity index is 1.25. The number of pyridine rings is 2. The smallest absolute Gasteiger partial charge is 0.255 e. The summed E-state index contributed by atoms with van der Waals surface area (Å²) in [5.41, 5.74) is 5.77. The number of carbonyl (C=O) groups is 1. The van der Waals surface area contributed by atoms with E-state index in [1.165, 1.54) is 0 Å². The van der Waals surface area contributed by atoms with E-state index in [0.717, 1.165) is 33.7 Å². The van der Waals surface area contributed by atoms with Gasteiger partial charge in [-0.2, -0.15) is 5.26 Å². The maximum absolute atomic E-state index is 12.7. The summed E-state index contributed by atoms with van der Waals surface area (Å²) in [6.45, 7) is 0. The highest BCUT2D eigenvalue weighted by atomic mass is 16.1. The zero-order valence-corrected chi connectivity index (χ0v) is 18.6. The maximum atomic E-state index is 12.7. The van der Waals surface area contributed by atoms with Gasteiger partial charge in [-0.1, -0.05) is 12.1 Å². The van der Waals surface area contributed by atoms with Crippen LogP contribution in [0.2, 0.25) is 0 Å². The van der Waals surface area contributed by atoms with Crippen molar-refractivity contribution in [3.8, 4) is 6.07 Å². The van der Waals surface area contributed by atoms with E-state index < -0.39 is 0 Å². The second kappa shape index (κ2) is 9.73. The van der Waals surface area contributed by atoms with E-state index in [2.05, 4.69) is 32.0 Å². The fraction of sp³-hybridized carbons (Fsp3) is 0. The molecule has 1 amide bonds. The molecule has 0 saturated carbocycles. The number of nitrogens with zero attached hydrogens (tertiary/aromatic N) is 3. The van der Waals surface area contributed by atoms with Crippen LogP contribution in [0.5, 0.6) is 0 Å². The molecule has 7 nitrogen and oxygen atoms in total. The van der Waals surface area contributed by atoms with Crippen LogP contribution in [0, 0.1) is 11.3 Å². The Bertz CT molecular complexity index is 1520. The second-order valence-electron chi connectivity index (χ2n) is 7.78. The third-order valence-electron chi connectivity index (χ3n) is 5.37. The van der Waals surface area contributed by atoms with E-state index in [9.17, 15) is 4.79 Å². The average Bonchev–Trinajstić information content (AvgIpc) is 2.91. The van der Waals surface area contributed by atoms with Crippen LogP contribution in [0.3, 0.4) is 0 Å². The first-order chi connectivity index (χ1) is 17.2. The summed E-state index contributed by atoms with van der Waals surface area (Å²) in [6.07, 6.45) is 3.45. The molecule has 5 rings (SSSR count). The summed E-state index contributed by atoms with van der Waals surface area (Å²) in [7, 11) is 0. The standard InChI is InChI=1S/C28H20N6O/c29-18-25-9-4-19-2-1-3-26(27(19)33-25)32-22-7-5-20(6-8-22)28(35)34-23-12-10-21(11-13-23)31-24-14-16-30-17-15-24/h1-17,32H,(H,30,31)(H,34,35). The monoisotopic (exact) mass is 456 g/mol. The number of amides is 1. The van der Waals surface area contributed by atoms with Gasteiger partial charge in [0.25, 0.3) is 5.91 Å². The third-order valence-corrected chi connectivity index (χ3v) is 5.37. The fourth-order valence-corrected chi connectivity index (χ4v) is 3.61. The van der Waals surface area contributed by atoms with E-state index >= 15 is 0 Å². The first kappa shape index (κ1) is 21.6. The molecule has 168 valence electrons. The van der Waals surface area contributed by atoms with Gasteiger partial charge in [0.05, 0.1) is 11.2 Å². The van der Waals surface area contributed by atoms with E-state index in [0.29, 0.717) is 16.9 Å². The number of hydrogen-bond donors (Lipinski definition) is 3. The molecule has 0 radical (unpaired) electrons. The Labute approximate surface area is 202 Å². The Morgan fingerprint density at radius 3 is 2.11 bits per heavy atom. The van der Waals surface area contributed by atoms with Gasteiger partial charge in [0.1, 0.15) is 11.8 Å². The predicted molar refractivity (Wildman–Crippen MR) is 138 cm³/mol. The summed E-state index contributed by atoms with van der Waals surface area (Å²) in [4.78, 5) is 21.1. The quantitative estimate of drug-likeness (QED) is 0.279. The molecule has 0 fully saturated rings. The lowest BCUT2D eigenvalue weighted by molar-refractivity contribution is 0.102. The van der Waals surface area contributed by atoms with Crippen molar-refractivity contribution >= 4 is 45.2 Å². The van der Waals surface area contributed by atoms with Crippen molar-refractivity contribution < 1.29 is 4.79 Å². The molecule has 3 aromatic carbocycles. The lowest BCUT2D eigenvalue weighted by Crippen LogP contribution is -2.11. The molecule has 0 atom stereocenters. The lowest BCUT2D eigenvalue weighted by Gasteiger charge is -2.11. The molecule has 0 bridgehead atoms. The van der Waals surface area contributed by atoms with Gasteiger partial charge in [-0.3, -0.25) is 9.78 Å². The lowest BCUT2D eigenvalue weighted by atomic mass is 10.1. The van der Waals surface area contributed by atoms with E-state index in [4.69, 9.17) is 5.26 Å². The number of carbonyl (C=O) groups excluding carboxylic acids is 1. The number of benzene rings is 3. The number of nitrogens with one attached hydrogen (secondary N) is 3. The minimum atomic E-state index is -0.197. The Kier molecular flexibility index (Phi) is 6.01. The number of aromatic nitrogens is 2. The van der Waals surface area contributed by atoms with Crippen LogP contribution in [0.1, 0.15) is 16.1 Å². The number of fused-ring (bicyclic) bond motifs is 1. The second-order valence-corrected chi connectivity index (χ2v) is 7.78. The molecule has 0 saturated heterocycles. The fourth-order valence-electron chi connectivity index (χ4n) is 3.61. The molecule has 0 aliphatic rings. The van der Waals surface area contributed by atoms with E-state index in [1.54, 1.807) is 30.6 Å². The molecule has 35 heavy (non-hydrogen) atoms. The molecule has 2 aromatic heterocycles. The summed E-state index contributed by atoms with van der Waals surface area (Å²) in [6, 6.07) is 29.9. The number of para-hydroxylation sites is 1. The Morgan fingerprint density at radius 1 is 0.714 bits per heavy atom. The van der Waals surface area contributed by atoms with Crippen molar-refractivity contribution in [3.05, 3.63) is 115 Å². The van der Waals surface area contributed by atoms with Crippen LogP contribution in [0.25, 0.3) is 10.9 Å². The predicted octanol–water partition coefficient (Wildman–Crippen LogP) is 6.24. The number of hydrogen-bond acceptors (Lipinski definition) is 6. The van der Waals surface area contributed by atoms with Gasteiger partial charge in [-0.05, 0) is 78.9 Å². The highest BCUT2D eigenvalue weighted by Crippen LogP contribution is 2.26. The zero-order valence-electron chi connectivity index (χ0n) is 18.6. The maximum Gasteiger partial charge on any atom is 0.255 e. The minimum Gasteiger partial charge on any atom is -0.355 e. The molecular formula is C28H20N6O. The molecule has 3 N–H and O–H groups in total. The van der Waals surface area contributed by atoms with Crippen molar-refractivity contribution in [2.45, 2.75) is 0 Å². The van der Waals surface area contributed by atoms with Crippen molar-refractivity contribution in [3.63, 3.8) is 0 Å². The molecule has 2 heterocycles. The Hall–Kier alpha value is -5.22. The number of nitriles is 1. The number of rotatable bonds is 6. The van der Waals surface area contributed by atoms with Crippen LogP contribution in [-0.2, 0) is 0 Å². The molecular weight excluding hydrogens is 436 g/mol. The Morgan fingerprint density at radius 2 is 1.37 bits per heavy atom. The summed E-state index contributed by atoms with van der Waals surface area (Å²) in [5, 5.41) is 19.6. The van der Waals surface area contributed by atoms with E-state index in [-0.39, 0.29) is 5.91 Å². The molecule has 0 spiro atoms. The summed E-state index contributed by atoms with van der Waals surface area (Å²) in [5.74, 6) is -0.197. The van der Waals surface area contributed by atoms with Gasteiger partial charge in [0.15, 0.2) is 0 Å². The van der Waals surface area contributed by atoms with Gasteiger partial charge in [-0.25, -0.2) is 4.98 Å². The van der Waals surface area contributed by atoms with Gasteiger partial charge in [0, 0.05) is 46.1 Å². The average molecular weight is 457 g/mol. The minimum absolute atomic E-state index is 0.197. The normalized spacial score (nSPS) is 10.4. The summed E-state index contributed by atoms with van der Waals surface area (Å²) >= 11 is 0. The molecule has 0 aliphatic carbocycles. The first-order valence-corrected chi connectivity index (χ1v) is 10.9. The highest BCUT2D eigenvalue weighted by Gasteiger charge is 2.08. The van der Waals surface area contributed by atoms with Crippen LogP contribution in [0.4, 0.5) is 28.4 Å². The van der Waals surface area contributed by atoms with Crippen LogP contribution in [0.15, 0.2) is 103 Å². The van der Waals surface area contributed by atoms with Gasteiger partial charge >= 0.3 is 0 Å². The van der Waals surface area contributed by atoms with Crippen molar-refractivity contribution in [2.75, 3.05) is 16.0 Å². The molecule has 0 unspecified atom stereocenters. The van der Waals surface area contributed by atoms with Gasteiger partial charge in [-0.15, -0.1) is 0 Å². The molecule has 7 heteroatoms. The van der Waals surface area contributed by atoms with E-state index in [1.807, 2.05) is 72.8 Å². The van der Waals surface area contributed by atoms with Crippen LogP contribution < -0.4 is 16.0 Å². The summed E-state index contributed by atoms with van der Waals surface area (Å²) < 4.78 is 0. The number of anilines is 5. The van der Waals surface area contributed by atoms with Crippen LogP contribution >= 0.6 is 0 Å². The zero-order chi connectivity index (χ0) is 24.0. The molecule has 5 aromatic rings. The van der Waals surface area contributed by atoms with Gasteiger partial charge in [0.2, 0.25) is 0 Å². The third kappa shape index (κ3) is 5.07.